The largest absolute Gasteiger partial charge is 0.339 e. The lowest BCUT2D eigenvalue weighted by molar-refractivity contribution is 0.0793. The standard InChI is InChI=1S/C24H20F2N4O/c25-22(26)18-14-19(15-8-10-17(11-9-15)24(31)30-12-4-5-13-30)27-23-20(18)21(28-29-23)16-6-2-1-3-7-16/h1-3,6-11,14,22H,4-5,12-13H2,(H,27,28,29). The topological polar surface area (TPSA) is 61.9 Å². The monoisotopic (exact) mass is 418 g/mol. The molecule has 5 nitrogen and oxygen atoms in total. The molecule has 0 saturated carbocycles. The summed E-state index contributed by atoms with van der Waals surface area (Å²) in [5.74, 6) is 0.000495. The highest BCUT2D eigenvalue weighted by Gasteiger charge is 2.22. The van der Waals surface area contributed by atoms with E-state index in [1.165, 1.54) is 6.07 Å². The molecule has 1 fully saturated rings. The Hall–Kier alpha value is -3.61. The Morgan fingerprint density at radius 2 is 1.68 bits per heavy atom. The molecule has 7 heteroatoms. The summed E-state index contributed by atoms with van der Waals surface area (Å²) in [6.45, 7) is 1.55. The normalized spacial score (nSPS) is 14.0. The third kappa shape index (κ3) is 3.56. The van der Waals surface area contributed by atoms with Crippen LogP contribution < -0.4 is 0 Å². The summed E-state index contributed by atoms with van der Waals surface area (Å²) in [5.41, 5.74) is 3.06. The van der Waals surface area contributed by atoms with E-state index in [1.54, 1.807) is 24.3 Å². The summed E-state index contributed by atoms with van der Waals surface area (Å²) in [7, 11) is 0. The van der Waals surface area contributed by atoms with Crippen molar-refractivity contribution >= 4 is 16.9 Å². The fourth-order valence-electron chi connectivity index (χ4n) is 4.07. The minimum absolute atomic E-state index is 0.000495. The minimum atomic E-state index is -2.68. The van der Waals surface area contributed by atoms with Gasteiger partial charge in [0.05, 0.1) is 16.8 Å². The molecule has 31 heavy (non-hydrogen) atoms. The number of likely N-dealkylation sites (tertiary alicyclic amines) is 1. The van der Waals surface area contributed by atoms with Gasteiger partial charge in [-0.1, -0.05) is 42.5 Å². The number of aromatic nitrogens is 3. The maximum atomic E-state index is 14.0. The molecule has 0 spiro atoms. The number of hydrogen-bond acceptors (Lipinski definition) is 3. The molecule has 5 rings (SSSR count). The van der Waals surface area contributed by atoms with Crippen LogP contribution in [0, 0.1) is 0 Å². The molecular formula is C24H20F2N4O. The van der Waals surface area contributed by atoms with E-state index in [1.807, 2.05) is 35.2 Å². The fraction of sp³-hybridized carbons (Fsp3) is 0.208. The van der Waals surface area contributed by atoms with Gasteiger partial charge in [0.1, 0.15) is 0 Å². The van der Waals surface area contributed by atoms with Crippen LogP contribution in [0.25, 0.3) is 33.5 Å². The van der Waals surface area contributed by atoms with Gasteiger partial charge in [0, 0.05) is 35.3 Å². The van der Waals surface area contributed by atoms with Crippen LogP contribution in [0.2, 0.25) is 0 Å². The number of pyridine rings is 1. The Morgan fingerprint density at radius 1 is 0.968 bits per heavy atom. The number of fused-ring (bicyclic) bond motifs is 1. The zero-order valence-corrected chi connectivity index (χ0v) is 16.7. The van der Waals surface area contributed by atoms with E-state index in [-0.39, 0.29) is 17.1 Å². The summed E-state index contributed by atoms with van der Waals surface area (Å²) < 4.78 is 28.0. The molecular weight excluding hydrogens is 398 g/mol. The molecule has 4 aromatic rings. The number of amides is 1. The maximum Gasteiger partial charge on any atom is 0.264 e. The van der Waals surface area contributed by atoms with Gasteiger partial charge in [0.15, 0.2) is 5.65 Å². The average Bonchev–Trinajstić information content (AvgIpc) is 3.49. The van der Waals surface area contributed by atoms with Crippen LogP contribution in [0.4, 0.5) is 8.78 Å². The van der Waals surface area contributed by atoms with E-state index in [4.69, 9.17) is 0 Å². The van der Waals surface area contributed by atoms with Gasteiger partial charge in [0.2, 0.25) is 0 Å². The number of benzene rings is 2. The molecule has 1 amide bonds. The molecule has 3 heterocycles. The molecule has 1 N–H and O–H groups in total. The second kappa shape index (κ2) is 7.91. The second-order valence-electron chi connectivity index (χ2n) is 7.64. The molecule has 0 aliphatic carbocycles. The molecule has 0 radical (unpaired) electrons. The third-order valence-electron chi connectivity index (χ3n) is 5.67. The first kappa shape index (κ1) is 19.4. The van der Waals surface area contributed by atoms with Crippen molar-refractivity contribution in [3.8, 4) is 22.5 Å². The number of aromatic amines is 1. The van der Waals surface area contributed by atoms with Crippen LogP contribution in [-0.2, 0) is 0 Å². The highest BCUT2D eigenvalue weighted by atomic mass is 19.3. The Labute approximate surface area is 177 Å². The number of carbonyl (C=O) groups is 1. The first-order valence-corrected chi connectivity index (χ1v) is 10.2. The van der Waals surface area contributed by atoms with Gasteiger partial charge in [0.25, 0.3) is 12.3 Å². The number of hydrogen-bond donors (Lipinski definition) is 1. The summed E-state index contributed by atoms with van der Waals surface area (Å²) in [4.78, 5) is 18.9. The predicted molar refractivity (Wildman–Crippen MR) is 115 cm³/mol. The van der Waals surface area contributed by atoms with Crippen molar-refractivity contribution in [1.29, 1.82) is 0 Å². The number of nitrogens with zero attached hydrogens (tertiary/aromatic N) is 3. The summed E-state index contributed by atoms with van der Waals surface area (Å²) in [6, 6.07) is 17.6. The zero-order chi connectivity index (χ0) is 21.4. The summed E-state index contributed by atoms with van der Waals surface area (Å²) >= 11 is 0. The Morgan fingerprint density at radius 3 is 2.35 bits per heavy atom. The van der Waals surface area contributed by atoms with Gasteiger partial charge >= 0.3 is 0 Å². The number of H-pyrrole nitrogens is 1. The Bertz CT molecular complexity index is 1230. The summed E-state index contributed by atoms with van der Waals surface area (Å²) in [6.07, 6.45) is -0.627. The van der Waals surface area contributed by atoms with E-state index >= 15 is 0 Å². The van der Waals surface area contributed by atoms with Crippen LogP contribution in [0.3, 0.4) is 0 Å². The van der Waals surface area contributed by atoms with E-state index < -0.39 is 6.43 Å². The zero-order valence-electron chi connectivity index (χ0n) is 16.7. The van der Waals surface area contributed by atoms with Crippen LogP contribution >= 0.6 is 0 Å². The quantitative estimate of drug-likeness (QED) is 0.478. The van der Waals surface area contributed by atoms with Crippen molar-refractivity contribution in [2.75, 3.05) is 13.1 Å². The summed E-state index contributed by atoms with van der Waals surface area (Å²) in [5, 5.41) is 7.38. The highest BCUT2D eigenvalue weighted by Crippen LogP contribution is 2.36. The molecule has 0 atom stereocenters. The third-order valence-corrected chi connectivity index (χ3v) is 5.67. The van der Waals surface area contributed by atoms with Crippen LogP contribution in [0.15, 0.2) is 60.7 Å². The number of nitrogens with one attached hydrogen (secondary N) is 1. The Kier molecular flexibility index (Phi) is 4.94. The van der Waals surface area contributed by atoms with E-state index in [2.05, 4.69) is 15.2 Å². The maximum absolute atomic E-state index is 14.0. The van der Waals surface area contributed by atoms with Gasteiger partial charge in [-0.05, 0) is 31.0 Å². The van der Waals surface area contributed by atoms with Gasteiger partial charge in [-0.3, -0.25) is 9.89 Å². The molecule has 2 aromatic carbocycles. The lowest BCUT2D eigenvalue weighted by atomic mass is 10.0. The van der Waals surface area contributed by atoms with Crippen molar-refractivity contribution in [2.24, 2.45) is 0 Å². The smallest absolute Gasteiger partial charge is 0.264 e. The van der Waals surface area contributed by atoms with Crippen molar-refractivity contribution in [3.63, 3.8) is 0 Å². The molecule has 1 aliphatic heterocycles. The molecule has 1 saturated heterocycles. The number of carbonyl (C=O) groups excluding carboxylic acids is 1. The lowest BCUT2D eigenvalue weighted by Gasteiger charge is -2.15. The van der Waals surface area contributed by atoms with Crippen molar-refractivity contribution in [3.05, 3.63) is 71.8 Å². The first-order chi connectivity index (χ1) is 15.1. The van der Waals surface area contributed by atoms with Crippen molar-refractivity contribution in [2.45, 2.75) is 19.3 Å². The van der Waals surface area contributed by atoms with E-state index in [0.717, 1.165) is 31.5 Å². The van der Waals surface area contributed by atoms with Gasteiger partial charge < -0.3 is 4.90 Å². The lowest BCUT2D eigenvalue weighted by Crippen LogP contribution is -2.27. The minimum Gasteiger partial charge on any atom is -0.339 e. The van der Waals surface area contributed by atoms with Gasteiger partial charge in [-0.15, -0.1) is 0 Å². The van der Waals surface area contributed by atoms with Crippen molar-refractivity contribution in [1.82, 2.24) is 20.1 Å². The second-order valence-corrected chi connectivity index (χ2v) is 7.64. The highest BCUT2D eigenvalue weighted by molar-refractivity contribution is 5.96. The van der Waals surface area contributed by atoms with E-state index in [0.29, 0.717) is 27.9 Å². The Balaban J connectivity index is 1.54. The van der Waals surface area contributed by atoms with E-state index in [9.17, 15) is 13.6 Å². The number of halogens is 2. The molecule has 1 aliphatic rings. The van der Waals surface area contributed by atoms with Crippen LogP contribution in [0.5, 0.6) is 0 Å². The first-order valence-electron chi connectivity index (χ1n) is 10.2. The average molecular weight is 418 g/mol. The predicted octanol–water partition coefficient (Wildman–Crippen LogP) is 5.47. The van der Waals surface area contributed by atoms with Gasteiger partial charge in [-0.25, -0.2) is 13.8 Å². The number of alkyl halides is 2. The molecule has 156 valence electrons. The van der Waals surface area contributed by atoms with Crippen molar-refractivity contribution < 1.29 is 13.6 Å². The SMILES string of the molecule is O=C(c1ccc(-c2cc(C(F)F)c3c(-c4ccccc4)[nH]nc3n2)cc1)N1CCCC1. The van der Waals surface area contributed by atoms with Crippen LogP contribution in [-0.4, -0.2) is 39.1 Å². The molecule has 2 aromatic heterocycles. The molecule has 0 unspecified atom stereocenters. The fourth-order valence-corrected chi connectivity index (χ4v) is 4.07. The number of rotatable bonds is 4. The molecule has 0 bridgehead atoms. The van der Waals surface area contributed by atoms with Gasteiger partial charge in [-0.2, -0.15) is 5.10 Å². The van der Waals surface area contributed by atoms with Crippen LogP contribution in [0.1, 0.15) is 35.2 Å².